The summed E-state index contributed by atoms with van der Waals surface area (Å²) in [5, 5.41) is 27.4. The number of carboxylic acids is 2. The van der Waals surface area contributed by atoms with E-state index >= 15 is 0 Å². The molecular formula is C14H18O6. The quantitative estimate of drug-likeness (QED) is 0.589. The minimum absolute atomic E-state index is 0.0390. The number of carbonyl (C=O) groups is 2. The molecule has 6 heteroatoms. The Morgan fingerprint density at radius 1 is 1.10 bits per heavy atom. The van der Waals surface area contributed by atoms with Crippen molar-refractivity contribution >= 4 is 11.9 Å². The number of ether oxygens (including phenoxy) is 1. The van der Waals surface area contributed by atoms with Gasteiger partial charge in [-0.2, -0.15) is 0 Å². The summed E-state index contributed by atoms with van der Waals surface area (Å²) >= 11 is 0. The molecule has 0 aromatic heterocycles. The normalized spacial score (nSPS) is 13.7. The summed E-state index contributed by atoms with van der Waals surface area (Å²) in [5.41, 5.74) is -1.12. The average molecular weight is 282 g/mol. The summed E-state index contributed by atoms with van der Waals surface area (Å²) in [6, 6.07) is 9.33. The molecule has 0 bridgehead atoms. The fourth-order valence-corrected chi connectivity index (χ4v) is 1.66. The third-order valence-corrected chi connectivity index (χ3v) is 2.92. The van der Waals surface area contributed by atoms with Gasteiger partial charge in [-0.1, -0.05) is 30.3 Å². The molecule has 0 amide bonds. The molecule has 20 heavy (non-hydrogen) atoms. The molecule has 110 valence electrons. The SMILES string of the molecule is O=C(O)CC[C@@](O)(CCOCc1ccccc1)C(=O)O. The molecule has 0 radical (unpaired) electrons. The van der Waals surface area contributed by atoms with Crippen LogP contribution in [-0.4, -0.2) is 39.5 Å². The summed E-state index contributed by atoms with van der Waals surface area (Å²) in [5.74, 6) is -2.57. The first-order valence-electron chi connectivity index (χ1n) is 6.23. The van der Waals surface area contributed by atoms with Gasteiger partial charge in [0.05, 0.1) is 13.2 Å². The molecule has 3 N–H and O–H groups in total. The van der Waals surface area contributed by atoms with Crippen LogP contribution in [0.25, 0.3) is 0 Å². The Morgan fingerprint density at radius 3 is 2.30 bits per heavy atom. The molecule has 6 nitrogen and oxygen atoms in total. The molecule has 0 saturated carbocycles. The predicted molar refractivity (Wildman–Crippen MR) is 70.2 cm³/mol. The number of benzene rings is 1. The van der Waals surface area contributed by atoms with Gasteiger partial charge in [-0.3, -0.25) is 4.79 Å². The monoisotopic (exact) mass is 282 g/mol. The topological polar surface area (TPSA) is 104 Å². The third-order valence-electron chi connectivity index (χ3n) is 2.92. The van der Waals surface area contributed by atoms with Gasteiger partial charge in [0.25, 0.3) is 0 Å². The average Bonchev–Trinajstić information content (AvgIpc) is 2.42. The molecule has 0 fully saturated rings. The molecule has 0 spiro atoms. The smallest absolute Gasteiger partial charge is 0.335 e. The number of aliphatic carboxylic acids is 2. The second kappa shape index (κ2) is 7.62. The van der Waals surface area contributed by atoms with Crippen LogP contribution in [-0.2, 0) is 20.9 Å². The maximum absolute atomic E-state index is 11.0. The van der Waals surface area contributed by atoms with Crippen LogP contribution in [0.4, 0.5) is 0 Å². The van der Waals surface area contributed by atoms with E-state index in [4.69, 9.17) is 14.9 Å². The zero-order valence-corrected chi connectivity index (χ0v) is 11.0. The van der Waals surface area contributed by atoms with Gasteiger partial charge in [0.2, 0.25) is 0 Å². The van der Waals surface area contributed by atoms with Crippen LogP contribution >= 0.6 is 0 Å². The molecule has 0 aliphatic heterocycles. The fourth-order valence-electron chi connectivity index (χ4n) is 1.66. The maximum Gasteiger partial charge on any atom is 0.335 e. The van der Waals surface area contributed by atoms with E-state index in [1.165, 1.54) is 0 Å². The Bertz CT molecular complexity index is 444. The van der Waals surface area contributed by atoms with Crippen LogP contribution in [0.2, 0.25) is 0 Å². The molecule has 0 unspecified atom stereocenters. The molecule has 1 rings (SSSR count). The molecule has 1 atom stereocenters. The second-order valence-corrected chi connectivity index (χ2v) is 4.52. The lowest BCUT2D eigenvalue weighted by atomic mass is 9.94. The Morgan fingerprint density at radius 2 is 1.75 bits per heavy atom. The van der Waals surface area contributed by atoms with Crippen LogP contribution in [0.3, 0.4) is 0 Å². The second-order valence-electron chi connectivity index (χ2n) is 4.52. The predicted octanol–water partition coefficient (Wildman–Crippen LogP) is 1.27. The van der Waals surface area contributed by atoms with Crippen molar-refractivity contribution < 1.29 is 29.6 Å². The fraction of sp³-hybridized carbons (Fsp3) is 0.429. The van der Waals surface area contributed by atoms with Crippen molar-refractivity contribution in [2.45, 2.75) is 31.5 Å². The van der Waals surface area contributed by atoms with Gasteiger partial charge < -0.3 is 20.1 Å². The van der Waals surface area contributed by atoms with Crippen LogP contribution in [0.5, 0.6) is 0 Å². The van der Waals surface area contributed by atoms with E-state index in [-0.39, 0.29) is 19.4 Å². The molecule has 1 aromatic carbocycles. The number of aliphatic hydroxyl groups is 1. The van der Waals surface area contributed by atoms with Gasteiger partial charge >= 0.3 is 11.9 Å². The van der Waals surface area contributed by atoms with Gasteiger partial charge in [-0.15, -0.1) is 0 Å². The highest BCUT2D eigenvalue weighted by molar-refractivity contribution is 5.78. The van der Waals surface area contributed by atoms with Crippen molar-refractivity contribution in [3.8, 4) is 0 Å². The highest BCUT2D eigenvalue weighted by Gasteiger charge is 2.35. The van der Waals surface area contributed by atoms with Gasteiger partial charge in [0.15, 0.2) is 5.60 Å². The zero-order valence-electron chi connectivity index (χ0n) is 11.0. The van der Waals surface area contributed by atoms with Crippen LogP contribution in [0.1, 0.15) is 24.8 Å². The molecule has 0 aliphatic carbocycles. The highest BCUT2D eigenvalue weighted by atomic mass is 16.5. The number of rotatable bonds is 9. The van der Waals surface area contributed by atoms with E-state index in [0.717, 1.165) is 5.56 Å². The standard InChI is InChI=1S/C14H18O6/c15-12(16)6-7-14(19,13(17)18)8-9-20-10-11-4-2-1-3-5-11/h1-5,19H,6-10H2,(H,15,16)(H,17,18)/t14-/m1/s1. The third kappa shape index (κ3) is 5.38. The number of hydrogen-bond donors (Lipinski definition) is 3. The van der Waals surface area contributed by atoms with Gasteiger partial charge in [-0.05, 0) is 12.0 Å². The first-order valence-corrected chi connectivity index (χ1v) is 6.23. The summed E-state index contributed by atoms with van der Waals surface area (Å²) in [6.45, 7) is 0.354. The van der Waals surface area contributed by atoms with Gasteiger partial charge in [0.1, 0.15) is 0 Å². The Balaban J connectivity index is 2.39. The van der Waals surface area contributed by atoms with E-state index in [0.29, 0.717) is 6.61 Å². The van der Waals surface area contributed by atoms with E-state index in [2.05, 4.69) is 0 Å². The Labute approximate surface area is 116 Å². The highest BCUT2D eigenvalue weighted by Crippen LogP contribution is 2.18. The first kappa shape index (κ1) is 16.1. The van der Waals surface area contributed by atoms with E-state index in [1.54, 1.807) is 0 Å². The lowest BCUT2D eigenvalue weighted by molar-refractivity contribution is -0.162. The van der Waals surface area contributed by atoms with Crippen LogP contribution in [0.15, 0.2) is 30.3 Å². The maximum atomic E-state index is 11.0. The summed E-state index contributed by atoms with van der Waals surface area (Å²) < 4.78 is 5.30. The molecule has 0 heterocycles. The minimum atomic E-state index is -2.06. The van der Waals surface area contributed by atoms with Crippen molar-refractivity contribution in [1.29, 1.82) is 0 Å². The zero-order chi connectivity index (χ0) is 15.0. The summed E-state index contributed by atoms with van der Waals surface area (Å²) in [4.78, 5) is 21.4. The van der Waals surface area contributed by atoms with E-state index in [1.807, 2.05) is 30.3 Å². The van der Waals surface area contributed by atoms with Crippen molar-refractivity contribution in [1.82, 2.24) is 0 Å². The van der Waals surface area contributed by atoms with Gasteiger partial charge in [-0.25, -0.2) is 4.79 Å². The van der Waals surface area contributed by atoms with Crippen molar-refractivity contribution in [3.05, 3.63) is 35.9 Å². The van der Waals surface area contributed by atoms with Gasteiger partial charge in [0, 0.05) is 12.8 Å². The molecule has 1 aromatic rings. The van der Waals surface area contributed by atoms with Crippen molar-refractivity contribution in [2.75, 3.05) is 6.61 Å². The Hall–Kier alpha value is -1.92. The molecular weight excluding hydrogens is 264 g/mol. The van der Waals surface area contributed by atoms with Crippen molar-refractivity contribution in [3.63, 3.8) is 0 Å². The Kier molecular flexibility index (Phi) is 6.14. The lowest BCUT2D eigenvalue weighted by Crippen LogP contribution is -2.40. The number of hydrogen-bond acceptors (Lipinski definition) is 4. The minimum Gasteiger partial charge on any atom is -0.481 e. The number of carboxylic acid groups (broad SMARTS) is 2. The first-order chi connectivity index (χ1) is 9.44. The van der Waals surface area contributed by atoms with E-state index in [9.17, 15) is 14.7 Å². The van der Waals surface area contributed by atoms with Crippen LogP contribution < -0.4 is 0 Å². The van der Waals surface area contributed by atoms with E-state index < -0.39 is 24.0 Å². The molecule has 0 aliphatic rings. The largest absolute Gasteiger partial charge is 0.481 e. The summed E-state index contributed by atoms with van der Waals surface area (Å²) in [7, 11) is 0. The molecule has 0 saturated heterocycles. The summed E-state index contributed by atoms with van der Waals surface area (Å²) in [6.07, 6.45) is -0.893. The van der Waals surface area contributed by atoms with Crippen molar-refractivity contribution in [2.24, 2.45) is 0 Å². The van der Waals surface area contributed by atoms with Crippen LogP contribution in [0, 0.1) is 0 Å². The lowest BCUT2D eigenvalue weighted by Gasteiger charge is -2.22.